The number of benzene rings is 2. The first-order valence-electron chi connectivity index (χ1n) is 10.3. The number of rotatable bonds is 3. The molecule has 0 amide bonds. The van der Waals surface area contributed by atoms with Gasteiger partial charge in [-0.1, -0.05) is 18.2 Å². The number of fused-ring (bicyclic) bond motifs is 1. The van der Waals surface area contributed by atoms with Gasteiger partial charge in [0, 0.05) is 29.3 Å². The van der Waals surface area contributed by atoms with Crippen molar-refractivity contribution in [2.45, 2.75) is 31.6 Å². The molecular weight excluding hydrogens is 392 g/mol. The number of carbonyl (C=O) groups excluding carboxylic acids is 1. The molecule has 0 bridgehead atoms. The molecular formula is C25H22N2O4. The van der Waals surface area contributed by atoms with E-state index in [1.54, 1.807) is 7.11 Å². The molecule has 0 aromatic heterocycles. The number of methoxy groups -OCH3 is 1. The van der Waals surface area contributed by atoms with Crippen molar-refractivity contribution < 1.29 is 19.0 Å². The second-order valence-corrected chi connectivity index (χ2v) is 8.11. The van der Waals surface area contributed by atoms with Crippen LogP contribution in [0, 0.1) is 17.2 Å². The normalized spacial score (nSPS) is 24.4. The largest absolute Gasteiger partial charge is 0.497 e. The van der Waals surface area contributed by atoms with Gasteiger partial charge < -0.3 is 14.2 Å². The second-order valence-electron chi connectivity index (χ2n) is 8.11. The smallest absolute Gasteiger partial charge is 0.231 e. The highest BCUT2D eigenvalue weighted by Crippen LogP contribution is 2.48. The Balaban J connectivity index is 1.55. The number of ether oxygens (including phenoxy) is 3. The number of carbonyl (C=O) groups is 1. The van der Waals surface area contributed by atoms with Crippen LogP contribution in [0.4, 0.5) is 0 Å². The van der Waals surface area contributed by atoms with Gasteiger partial charge in [0.05, 0.1) is 19.1 Å². The van der Waals surface area contributed by atoms with Crippen molar-refractivity contribution in [3.05, 3.63) is 64.9 Å². The van der Waals surface area contributed by atoms with E-state index in [1.807, 2.05) is 49.4 Å². The van der Waals surface area contributed by atoms with Crippen LogP contribution >= 0.6 is 0 Å². The highest BCUT2D eigenvalue weighted by atomic mass is 16.7. The van der Waals surface area contributed by atoms with E-state index in [-0.39, 0.29) is 24.4 Å². The van der Waals surface area contributed by atoms with Crippen molar-refractivity contribution in [3.63, 3.8) is 0 Å². The van der Waals surface area contributed by atoms with Crippen molar-refractivity contribution in [2.24, 2.45) is 10.9 Å². The van der Waals surface area contributed by atoms with E-state index in [0.29, 0.717) is 29.9 Å². The lowest BCUT2D eigenvalue weighted by Crippen LogP contribution is -2.32. The molecule has 0 saturated heterocycles. The van der Waals surface area contributed by atoms with Gasteiger partial charge in [0.15, 0.2) is 17.3 Å². The average Bonchev–Trinajstić information content (AvgIpc) is 3.26. The first kappa shape index (κ1) is 19.4. The molecule has 31 heavy (non-hydrogen) atoms. The van der Waals surface area contributed by atoms with Gasteiger partial charge in [0.2, 0.25) is 6.79 Å². The number of nitriles is 1. The summed E-state index contributed by atoms with van der Waals surface area (Å²) < 4.78 is 16.2. The topological polar surface area (TPSA) is 80.9 Å². The lowest BCUT2D eigenvalue weighted by molar-refractivity contribution is -0.116. The molecule has 2 aromatic carbocycles. The van der Waals surface area contributed by atoms with Gasteiger partial charge in [0.25, 0.3) is 0 Å². The molecule has 156 valence electrons. The molecule has 0 saturated carbocycles. The number of nitrogens with zero attached hydrogens (tertiary/aromatic N) is 2. The van der Waals surface area contributed by atoms with Crippen LogP contribution in [0.2, 0.25) is 0 Å². The van der Waals surface area contributed by atoms with Gasteiger partial charge in [-0.2, -0.15) is 5.26 Å². The third kappa shape index (κ3) is 3.27. The van der Waals surface area contributed by atoms with Crippen LogP contribution in [0.3, 0.4) is 0 Å². The van der Waals surface area contributed by atoms with Gasteiger partial charge in [0.1, 0.15) is 5.75 Å². The Hall–Kier alpha value is -3.59. The van der Waals surface area contributed by atoms with E-state index in [4.69, 9.17) is 19.2 Å². The number of hydrogen-bond donors (Lipinski definition) is 0. The van der Waals surface area contributed by atoms with E-state index in [0.717, 1.165) is 28.3 Å². The standard InChI is InChI=1S/C25H22N2O4/c1-14-19(12-26)24(16-5-8-22-23(11-16)31-13-30-22)25-20(27-14)9-17(10-21(25)28)15-3-6-18(29-2)7-4-15/h3-8,11,17,19,24H,9-10,13H2,1-2H3. The third-order valence-corrected chi connectivity index (χ3v) is 6.37. The Bertz CT molecular complexity index is 1160. The molecule has 0 N–H and O–H groups in total. The van der Waals surface area contributed by atoms with Crippen molar-refractivity contribution in [1.82, 2.24) is 0 Å². The van der Waals surface area contributed by atoms with Crippen LogP contribution in [-0.4, -0.2) is 25.4 Å². The van der Waals surface area contributed by atoms with E-state index in [9.17, 15) is 10.1 Å². The molecule has 5 rings (SSSR count). The summed E-state index contributed by atoms with van der Waals surface area (Å²) in [5, 5.41) is 9.91. The van der Waals surface area contributed by atoms with Crippen molar-refractivity contribution >= 4 is 11.5 Å². The van der Waals surface area contributed by atoms with Crippen LogP contribution in [0.25, 0.3) is 0 Å². The maximum Gasteiger partial charge on any atom is 0.231 e. The van der Waals surface area contributed by atoms with Crippen molar-refractivity contribution in [3.8, 4) is 23.3 Å². The van der Waals surface area contributed by atoms with E-state index in [1.165, 1.54) is 0 Å². The Morgan fingerprint density at radius 2 is 1.81 bits per heavy atom. The van der Waals surface area contributed by atoms with Crippen LogP contribution in [-0.2, 0) is 4.79 Å². The SMILES string of the molecule is COc1ccc(C2CC(=O)C3=C(C2)N=C(C)C(C#N)C3c2ccc3c(c2)OCO3)cc1. The summed E-state index contributed by atoms with van der Waals surface area (Å²) in [6.07, 6.45) is 1.07. The van der Waals surface area contributed by atoms with E-state index < -0.39 is 5.92 Å². The maximum absolute atomic E-state index is 13.4. The summed E-state index contributed by atoms with van der Waals surface area (Å²) in [4.78, 5) is 18.1. The Kier molecular flexibility index (Phi) is 4.74. The van der Waals surface area contributed by atoms with Crippen LogP contribution in [0.5, 0.6) is 17.2 Å². The molecule has 3 unspecified atom stereocenters. The molecule has 0 fully saturated rings. The summed E-state index contributed by atoms with van der Waals surface area (Å²) in [7, 11) is 1.64. The van der Waals surface area contributed by atoms with Gasteiger partial charge in [-0.25, -0.2) is 0 Å². The van der Waals surface area contributed by atoms with E-state index >= 15 is 0 Å². The Labute approximate surface area is 180 Å². The minimum Gasteiger partial charge on any atom is -0.497 e. The fraction of sp³-hybridized carbons (Fsp3) is 0.320. The molecule has 3 atom stereocenters. The summed E-state index contributed by atoms with van der Waals surface area (Å²) in [6.45, 7) is 2.06. The minimum atomic E-state index is -0.486. The number of aliphatic imine (C=N–C) groups is 1. The van der Waals surface area contributed by atoms with Gasteiger partial charge in [-0.15, -0.1) is 0 Å². The quantitative estimate of drug-likeness (QED) is 0.737. The number of ketones is 1. The van der Waals surface area contributed by atoms with Gasteiger partial charge in [-0.05, 0) is 54.7 Å². The first-order chi connectivity index (χ1) is 15.1. The minimum absolute atomic E-state index is 0.0567. The highest BCUT2D eigenvalue weighted by molar-refractivity contribution is 6.03. The Morgan fingerprint density at radius 3 is 2.55 bits per heavy atom. The molecule has 0 radical (unpaired) electrons. The lowest BCUT2D eigenvalue weighted by atomic mass is 9.69. The summed E-state index contributed by atoms with van der Waals surface area (Å²) >= 11 is 0. The highest BCUT2D eigenvalue weighted by Gasteiger charge is 2.41. The molecule has 6 nitrogen and oxygen atoms in total. The second kappa shape index (κ2) is 7.59. The molecule has 0 spiro atoms. The Morgan fingerprint density at radius 1 is 1.06 bits per heavy atom. The van der Waals surface area contributed by atoms with Gasteiger partial charge >= 0.3 is 0 Å². The zero-order valence-corrected chi connectivity index (χ0v) is 17.4. The monoisotopic (exact) mass is 414 g/mol. The zero-order valence-electron chi connectivity index (χ0n) is 17.4. The zero-order chi connectivity index (χ0) is 21.5. The average molecular weight is 414 g/mol. The summed E-state index contributed by atoms with van der Waals surface area (Å²) in [5.74, 6) is 1.40. The lowest BCUT2D eigenvalue weighted by Gasteiger charge is -2.35. The number of hydrogen-bond acceptors (Lipinski definition) is 6. The van der Waals surface area contributed by atoms with Crippen molar-refractivity contribution in [1.29, 1.82) is 5.26 Å². The molecule has 1 aliphatic carbocycles. The molecule has 2 aliphatic heterocycles. The number of allylic oxidation sites excluding steroid dienone is 2. The number of Topliss-reactive ketones (excluding diaryl/α,β-unsaturated/α-hetero) is 1. The summed E-state index contributed by atoms with van der Waals surface area (Å²) in [5.41, 5.74) is 4.18. The molecule has 6 heteroatoms. The fourth-order valence-electron chi connectivity index (χ4n) is 4.80. The molecule has 2 heterocycles. The van der Waals surface area contributed by atoms with Crippen LogP contribution < -0.4 is 14.2 Å². The maximum atomic E-state index is 13.4. The van der Waals surface area contributed by atoms with Crippen molar-refractivity contribution in [2.75, 3.05) is 13.9 Å². The third-order valence-electron chi connectivity index (χ3n) is 6.37. The predicted molar refractivity (Wildman–Crippen MR) is 115 cm³/mol. The van der Waals surface area contributed by atoms with Crippen LogP contribution in [0.15, 0.2) is 58.7 Å². The first-order valence-corrected chi connectivity index (χ1v) is 10.3. The van der Waals surface area contributed by atoms with E-state index in [2.05, 4.69) is 6.07 Å². The fourth-order valence-corrected chi connectivity index (χ4v) is 4.80. The predicted octanol–water partition coefficient (Wildman–Crippen LogP) is 4.52. The molecule has 3 aliphatic rings. The molecule has 2 aromatic rings. The summed E-state index contributed by atoms with van der Waals surface area (Å²) in [6, 6.07) is 15.9. The van der Waals surface area contributed by atoms with Gasteiger partial charge in [-0.3, -0.25) is 9.79 Å². The van der Waals surface area contributed by atoms with Crippen LogP contribution in [0.1, 0.15) is 42.7 Å².